The maximum atomic E-state index is 11.7. The Kier molecular flexibility index (Phi) is 4.10. The van der Waals surface area contributed by atoms with Crippen LogP contribution in [0.3, 0.4) is 0 Å². The van der Waals surface area contributed by atoms with E-state index in [0.29, 0.717) is 17.2 Å². The maximum Gasteiger partial charge on any atom is 0.244 e. The largest absolute Gasteiger partial charge is 0.461 e. The molecule has 110 valence electrons. The number of pyridine rings is 1. The van der Waals surface area contributed by atoms with E-state index in [1.807, 2.05) is 18.2 Å². The van der Waals surface area contributed by atoms with Crippen LogP contribution in [0.25, 0.3) is 17.6 Å². The van der Waals surface area contributed by atoms with Gasteiger partial charge in [-0.1, -0.05) is 11.2 Å². The van der Waals surface area contributed by atoms with Crippen molar-refractivity contribution in [2.45, 2.75) is 6.54 Å². The first-order valence-electron chi connectivity index (χ1n) is 6.68. The molecule has 0 aromatic carbocycles. The van der Waals surface area contributed by atoms with Gasteiger partial charge in [-0.2, -0.15) is 0 Å². The molecule has 0 radical (unpaired) electrons. The van der Waals surface area contributed by atoms with Crippen LogP contribution in [0.5, 0.6) is 0 Å². The minimum atomic E-state index is -0.229. The second kappa shape index (κ2) is 6.53. The van der Waals surface area contributed by atoms with Gasteiger partial charge >= 0.3 is 0 Å². The van der Waals surface area contributed by atoms with Gasteiger partial charge in [0.25, 0.3) is 0 Å². The number of hydrogen-bond acceptors (Lipinski definition) is 5. The molecule has 1 N–H and O–H groups in total. The van der Waals surface area contributed by atoms with Gasteiger partial charge in [0.1, 0.15) is 5.69 Å². The van der Waals surface area contributed by atoms with Crippen LogP contribution in [0.15, 0.2) is 63.9 Å². The van der Waals surface area contributed by atoms with Gasteiger partial charge in [0.05, 0.1) is 18.5 Å². The van der Waals surface area contributed by atoms with Gasteiger partial charge in [0.2, 0.25) is 11.7 Å². The zero-order valence-electron chi connectivity index (χ0n) is 11.6. The third-order valence-corrected chi connectivity index (χ3v) is 2.86. The zero-order valence-corrected chi connectivity index (χ0v) is 11.6. The first-order chi connectivity index (χ1) is 10.8. The van der Waals surface area contributed by atoms with Crippen molar-refractivity contribution >= 4 is 12.0 Å². The van der Waals surface area contributed by atoms with Crippen molar-refractivity contribution in [3.63, 3.8) is 0 Å². The van der Waals surface area contributed by atoms with E-state index in [4.69, 9.17) is 8.94 Å². The van der Waals surface area contributed by atoms with Crippen molar-refractivity contribution < 1.29 is 13.7 Å². The van der Waals surface area contributed by atoms with E-state index >= 15 is 0 Å². The maximum absolute atomic E-state index is 11.7. The lowest BCUT2D eigenvalue weighted by molar-refractivity contribution is -0.116. The Morgan fingerprint density at radius 1 is 1.23 bits per heavy atom. The van der Waals surface area contributed by atoms with Crippen molar-refractivity contribution in [3.05, 3.63) is 66.3 Å². The summed E-state index contributed by atoms with van der Waals surface area (Å²) in [6, 6.07) is 10.8. The quantitative estimate of drug-likeness (QED) is 0.732. The molecule has 0 bridgehead atoms. The number of rotatable bonds is 5. The minimum Gasteiger partial charge on any atom is -0.461 e. The smallest absolute Gasteiger partial charge is 0.244 e. The molecule has 3 aromatic rings. The lowest BCUT2D eigenvalue weighted by Gasteiger charge is -1.97. The number of nitrogens with one attached hydrogen (secondary N) is 1. The molecular formula is C16H13N3O3. The van der Waals surface area contributed by atoms with Gasteiger partial charge in [-0.15, -0.1) is 0 Å². The molecule has 0 aliphatic carbocycles. The zero-order chi connectivity index (χ0) is 15.2. The fourth-order valence-electron chi connectivity index (χ4n) is 1.80. The molecule has 3 rings (SSSR count). The summed E-state index contributed by atoms with van der Waals surface area (Å²) in [7, 11) is 0. The molecule has 6 nitrogen and oxygen atoms in total. The van der Waals surface area contributed by atoms with Crippen LogP contribution in [0.1, 0.15) is 11.4 Å². The molecule has 0 aliphatic heterocycles. The highest BCUT2D eigenvalue weighted by atomic mass is 16.5. The lowest BCUT2D eigenvalue weighted by Crippen LogP contribution is -2.20. The number of carbonyl (C=O) groups excluding carboxylic acids is 1. The molecule has 0 atom stereocenters. The summed E-state index contributed by atoms with van der Waals surface area (Å²) in [5, 5.41) is 6.60. The van der Waals surface area contributed by atoms with E-state index in [-0.39, 0.29) is 12.5 Å². The Morgan fingerprint density at radius 3 is 2.95 bits per heavy atom. The van der Waals surface area contributed by atoms with E-state index in [2.05, 4.69) is 15.5 Å². The van der Waals surface area contributed by atoms with Crippen LogP contribution >= 0.6 is 0 Å². The predicted octanol–water partition coefficient (Wildman–Crippen LogP) is 2.66. The number of carbonyl (C=O) groups is 1. The predicted molar refractivity (Wildman–Crippen MR) is 79.3 cm³/mol. The third-order valence-electron chi connectivity index (χ3n) is 2.86. The van der Waals surface area contributed by atoms with E-state index in [1.165, 1.54) is 6.08 Å². The first-order valence-corrected chi connectivity index (χ1v) is 6.68. The Morgan fingerprint density at radius 2 is 2.18 bits per heavy atom. The van der Waals surface area contributed by atoms with Crippen molar-refractivity contribution in [1.29, 1.82) is 0 Å². The molecule has 0 saturated carbocycles. The summed E-state index contributed by atoms with van der Waals surface area (Å²) >= 11 is 0. The molecule has 0 spiro atoms. The fourth-order valence-corrected chi connectivity index (χ4v) is 1.80. The number of amides is 1. The summed E-state index contributed by atoms with van der Waals surface area (Å²) in [5.41, 5.74) is 1.34. The Labute approximate surface area is 126 Å². The average Bonchev–Trinajstić information content (AvgIpc) is 3.22. The summed E-state index contributed by atoms with van der Waals surface area (Å²) in [5.74, 6) is 0.895. The number of aromatic nitrogens is 2. The second-order valence-electron chi connectivity index (χ2n) is 4.47. The molecule has 3 aromatic heterocycles. The highest BCUT2D eigenvalue weighted by molar-refractivity contribution is 5.91. The highest BCUT2D eigenvalue weighted by Gasteiger charge is 2.09. The molecule has 0 saturated heterocycles. The lowest BCUT2D eigenvalue weighted by atomic mass is 10.3. The summed E-state index contributed by atoms with van der Waals surface area (Å²) in [6.45, 7) is 0.273. The third kappa shape index (κ3) is 3.49. The van der Waals surface area contributed by atoms with Gasteiger partial charge < -0.3 is 14.3 Å². The van der Waals surface area contributed by atoms with Crippen molar-refractivity contribution in [2.75, 3.05) is 0 Å². The van der Waals surface area contributed by atoms with Crippen LogP contribution in [0, 0.1) is 0 Å². The van der Waals surface area contributed by atoms with Crippen LogP contribution in [-0.4, -0.2) is 16.0 Å². The highest BCUT2D eigenvalue weighted by Crippen LogP contribution is 2.20. The van der Waals surface area contributed by atoms with Crippen LogP contribution < -0.4 is 5.32 Å². The monoisotopic (exact) mass is 295 g/mol. The summed E-state index contributed by atoms with van der Waals surface area (Å²) in [4.78, 5) is 15.8. The number of furan rings is 1. The normalized spacial score (nSPS) is 10.9. The summed E-state index contributed by atoms with van der Waals surface area (Å²) < 4.78 is 10.4. The SMILES string of the molecule is O=C(C=Cc1ccccn1)NCc1cc(-c2ccco2)on1. The van der Waals surface area contributed by atoms with E-state index in [1.54, 1.807) is 36.7 Å². The van der Waals surface area contributed by atoms with Gasteiger partial charge in [0.15, 0.2) is 5.76 Å². The topological polar surface area (TPSA) is 81.2 Å². The number of hydrogen-bond donors (Lipinski definition) is 1. The van der Waals surface area contributed by atoms with Crippen LogP contribution in [0.4, 0.5) is 0 Å². The Hall–Kier alpha value is -3.15. The first kappa shape index (κ1) is 13.8. The van der Waals surface area contributed by atoms with Crippen LogP contribution in [-0.2, 0) is 11.3 Å². The molecule has 22 heavy (non-hydrogen) atoms. The molecule has 0 fully saturated rings. The molecule has 6 heteroatoms. The van der Waals surface area contributed by atoms with Crippen molar-refractivity contribution in [1.82, 2.24) is 15.5 Å². The fraction of sp³-hybridized carbons (Fsp3) is 0.0625. The molecule has 3 heterocycles. The minimum absolute atomic E-state index is 0.229. The van der Waals surface area contributed by atoms with E-state index in [9.17, 15) is 4.79 Å². The van der Waals surface area contributed by atoms with Gasteiger partial charge in [-0.25, -0.2) is 0 Å². The average molecular weight is 295 g/mol. The Balaban J connectivity index is 1.54. The van der Waals surface area contributed by atoms with Crippen molar-refractivity contribution in [3.8, 4) is 11.5 Å². The van der Waals surface area contributed by atoms with E-state index in [0.717, 1.165) is 5.69 Å². The van der Waals surface area contributed by atoms with Crippen molar-refractivity contribution in [2.24, 2.45) is 0 Å². The molecular weight excluding hydrogens is 282 g/mol. The summed E-state index contributed by atoms with van der Waals surface area (Å²) in [6.07, 6.45) is 6.30. The van der Waals surface area contributed by atoms with Gasteiger partial charge in [-0.3, -0.25) is 9.78 Å². The number of nitrogens with zero attached hydrogens (tertiary/aromatic N) is 2. The molecule has 0 unspecified atom stereocenters. The molecule has 0 aliphatic rings. The van der Waals surface area contributed by atoms with Crippen LogP contribution in [0.2, 0.25) is 0 Å². The van der Waals surface area contributed by atoms with Gasteiger partial charge in [-0.05, 0) is 30.3 Å². The molecule has 1 amide bonds. The van der Waals surface area contributed by atoms with Gasteiger partial charge in [0, 0.05) is 18.3 Å². The standard InChI is InChI=1S/C16H13N3O3/c20-16(7-6-12-4-1-2-8-17-12)18-11-13-10-15(22-19-13)14-5-3-9-21-14/h1-10H,11H2,(H,18,20). The second-order valence-corrected chi connectivity index (χ2v) is 4.47. The van der Waals surface area contributed by atoms with E-state index < -0.39 is 0 Å². The Bertz CT molecular complexity index is 761.